The van der Waals surface area contributed by atoms with Crippen molar-refractivity contribution >= 4 is 28.6 Å². The second-order valence-electron chi connectivity index (χ2n) is 6.42. The monoisotopic (exact) mass is 443 g/mol. The smallest absolute Gasteiger partial charge is 0.282 e. The molecule has 0 fully saturated rings. The molecule has 0 aliphatic rings. The van der Waals surface area contributed by atoms with Gasteiger partial charge in [0.15, 0.2) is 0 Å². The average molecular weight is 444 g/mol. The minimum absolute atomic E-state index is 0.0768. The summed E-state index contributed by atoms with van der Waals surface area (Å²) in [5.74, 6) is -0.602. The third-order valence-electron chi connectivity index (χ3n) is 4.11. The Bertz CT molecular complexity index is 1060. The number of nitrogens with one attached hydrogen (secondary N) is 2. The molecular formula is C23H23F2N3O2S. The molecule has 0 aliphatic heterocycles. The SMILES string of the molecule is C=CCO.CC(=N)c1ccc(-c2ccccc2NC(=O)c2sc(C)nc2C(F)F)cc1. The summed E-state index contributed by atoms with van der Waals surface area (Å²) in [6, 6.07) is 14.5. The lowest BCUT2D eigenvalue weighted by molar-refractivity contribution is 0.101. The molecule has 162 valence electrons. The number of hydrogen-bond acceptors (Lipinski definition) is 5. The third-order valence-corrected chi connectivity index (χ3v) is 5.09. The Morgan fingerprint density at radius 3 is 2.42 bits per heavy atom. The van der Waals surface area contributed by atoms with E-state index in [0.29, 0.717) is 16.4 Å². The highest BCUT2D eigenvalue weighted by Gasteiger charge is 2.24. The number of anilines is 1. The summed E-state index contributed by atoms with van der Waals surface area (Å²) in [6.45, 7) is 6.61. The fourth-order valence-electron chi connectivity index (χ4n) is 2.68. The van der Waals surface area contributed by atoms with Crippen LogP contribution in [0.5, 0.6) is 0 Å². The number of rotatable bonds is 6. The lowest BCUT2D eigenvalue weighted by Gasteiger charge is -2.12. The maximum absolute atomic E-state index is 13.1. The number of aliphatic hydroxyl groups is 1. The van der Waals surface area contributed by atoms with Crippen molar-refractivity contribution in [2.24, 2.45) is 0 Å². The van der Waals surface area contributed by atoms with E-state index in [1.807, 2.05) is 36.4 Å². The second-order valence-corrected chi connectivity index (χ2v) is 7.62. The number of alkyl halides is 2. The number of carbonyl (C=O) groups excluding carboxylic acids is 1. The van der Waals surface area contributed by atoms with E-state index in [0.717, 1.165) is 28.0 Å². The standard InChI is InChI=1S/C20H17F2N3OS.C3H6O/c1-11(23)13-7-9-14(10-8-13)15-5-3-4-6-16(15)25-20(26)18-17(19(21)22)24-12(2)27-18;1-2-3-4/h3-10,19,23H,1-2H3,(H,25,26);2,4H,1,3H2. The molecule has 2 aromatic carbocycles. The van der Waals surface area contributed by atoms with Gasteiger partial charge in [-0.3, -0.25) is 4.79 Å². The fourth-order valence-corrected chi connectivity index (χ4v) is 3.50. The molecule has 1 heterocycles. The van der Waals surface area contributed by atoms with Crippen molar-refractivity contribution in [1.82, 2.24) is 4.98 Å². The summed E-state index contributed by atoms with van der Waals surface area (Å²) in [7, 11) is 0. The van der Waals surface area contributed by atoms with Crippen molar-refractivity contribution in [3.05, 3.63) is 82.3 Å². The molecule has 3 aromatic rings. The molecule has 0 unspecified atom stereocenters. The number of amides is 1. The zero-order valence-electron chi connectivity index (χ0n) is 17.2. The van der Waals surface area contributed by atoms with Crippen LogP contribution >= 0.6 is 11.3 Å². The van der Waals surface area contributed by atoms with Gasteiger partial charge in [-0.25, -0.2) is 13.8 Å². The van der Waals surface area contributed by atoms with Crippen molar-refractivity contribution in [1.29, 1.82) is 5.41 Å². The highest BCUT2D eigenvalue weighted by molar-refractivity contribution is 7.13. The van der Waals surface area contributed by atoms with Crippen LogP contribution in [0.25, 0.3) is 11.1 Å². The lowest BCUT2D eigenvalue weighted by Crippen LogP contribution is -2.13. The molecule has 1 aromatic heterocycles. The predicted octanol–water partition coefficient (Wildman–Crippen LogP) is 5.86. The van der Waals surface area contributed by atoms with E-state index in [-0.39, 0.29) is 11.5 Å². The normalized spacial score (nSPS) is 10.3. The molecule has 0 saturated heterocycles. The van der Waals surface area contributed by atoms with E-state index in [2.05, 4.69) is 16.9 Å². The molecule has 0 atom stereocenters. The highest BCUT2D eigenvalue weighted by Crippen LogP contribution is 2.31. The number of thiazole rings is 1. The van der Waals surface area contributed by atoms with Crippen molar-refractivity contribution in [2.75, 3.05) is 11.9 Å². The van der Waals surface area contributed by atoms with Gasteiger partial charge in [0, 0.05) is 17.0 Å². The van der Waals surface area contributed by atoms with Gasteiger partial charge in [-0.2, -0.15) is 0 Å². The van der Waals surface area contributed by atoms with Crippen molar-refractivity contribution in [3.8, 4) is 11.1 Å². The molecule has 0 spiro atoms. The van der Waals surface area contributed by atoms with Crippen molar-refractivity contribution in [3.63, 3.8) is 0 Å². The minimum Gasteiger partial charge on any atom is -0.392 e. The van der Waals surface area contributed by atoms with Crippen LogP contribution in [0.15, 0.2) is 61.2 Å². The number of aromatic nitrogens is 1. The van der Waals surface area contributed by atoms with Crippen LogP contribution in [0.4, 0.5) is 14.5 Å². The highest BCUT2D eigenvalue weighted by atomic mass is 32.1. The topological polar surface area (TPSA) is 86.1 Å². The first-order valence-corrected chi connectivity index (χ1v) is 10.1. The van der Waals surface area contributed by atoms with Crippen LogP contribution in [0, 0.1) is 12.3 Å². The number of aliphatic hydroxyl groups excluding tert-OH is 1. The van der Waals surface area contributed by atoms with Gasteiger partial charge in [-0.15, -0.1) is 17.9 Å². The first kappa shape index (κ1) is 24.0. The molecule has 0 bridgehead atoms. The summed E-state index contributed by atoms with van der Waals surface area (Å²) in [5, 5.41) is 18.6. The second kappa shape index (κ2) is 11.2. The van der Waals surface area contributed by atoms with E-state index in [4.69, 9.17) is 10.5 Å². The summed E-state index contributed by atoms with van der Waals surface area (Å²) in [6.07, 6.45) is -1.37. The van der Waals surface area contributed by atoms with Crippen LogP contribution in [0.3, 0.4) is 0 Å². The fraction of sp³-hybridized carbons (Fsp3) is 0.174. The molecule has 3 N–H and O–H groups in total. The largest absolute Gasteiger partial charge is 0.392 e. The van der Waals surface area contributed by atoms with Crippen molar-refractivity contribution < 1.29 is 18.7 Å². The molecule has 0 radical (unpaired) electrons. The quantitative estimate of drug-likeness (QED) is 0.329. The van der Waals surface area contributed by atoms with E-state index < -0.39 is 18.0 Å². The Balaban J connectivity index is 0.000000785. The summed E-state index contributed by atoms with van der Waals surface area (Å²) >= 11 is 0.950. The molecule has 0 saturated carbocycles. The maximum Gasteiger partial charge on any atom is 0.282 e. The third kappa shape index (κ3) is 6.37. The molecule has 8 heteroatoms. The van der Waals surface area contributed by atoms with Gasteiger partial charge in [-0.1, -0.05) is 48.5 Å². The zero-order chi connectivity index (χ0) is 23.0. The van der Waals surface area contributed by atoms with E-state index >= 15 is 0 Å². The van der Waals surface area contributed by atoms with Crippen LogP contribution in [-0.4, -0.2) is 28.3 Å². The summed E-state index contributed by atoms with van der Waals surface area (Å²) in [5.41, 5.74) is 2.92. The Labute approximate surface area is 183 Å². The van der Waals surface area contributed by atoms with Gasteiger partial charge in [0.2, 0.25) is 0 Å². The number of nitrogens with zero attached hydrogens (tertiary/aromatic N) is 1. The number of carbonyl (C=O) groups is 1. The summed E-state index contributed by atoms with van der Waals surface area (Å²) in [4.78, 5) is 16.3. The van der Waals surface area contributed by atoms with Gasteiger partial charge >= 0.3 is 0 Å². The van der Waals surface area contributed by atoms with E-state index in [1.54, 1.807) is 26.0 Å². The number of benzene rings is 2. The zero-order valence-corrected chi connectivity index (χ0v) is 18.0. The van der Waals surface area contributed by atoms with Crippen LogP contribution in [-0.2, 0) is 0 Å². The predicted molar refractivity (Wildman–Crippen MR) is 121 cm³/mol. The molecule has 0 aliphatic carbocycles. The first-order valence-electron chi connectivity index (χ1n) is 9.32. The number of hydrogen-bond donors (Lipinski definition) is 3. The van der Waals surface area contributed by atoms with Gasteiger partial charge in [0.25, 0.3) is 12.3 Å². The molecule has 5 nitrogen and oxygen atoms in total. The number of para-hydroxylation sites is 1. The first-order chi connectivity index (χ1) is 14.8. The van der Waals surface area contributed by atoms with Gasteiger partial charge in [0.1, 0.15) is 10.6 Å². The van der Waals surface area contributed by atoms with E-state index in [9.17, 15) is 13.6 Å². The Morgan fingerprint density at radius 2 is 1.87 bits per heavy atom. The maximum atomic E-state index is 13.1. The molecule has 1 amide bonds. The van der Waals surface area contributed by atoms with Gasteiger partial charge in [0.05, 0.1) is 11.6 Å². The van der Waals surface area contributed by atoms with Gasteiger partial charge in [-0.05, 0) is 31.0 Å². The van der Waals surface area contributed by atoms with Gasteiger partial charge < -0.3 is 15.8 Å². The molecule has 31 heavy (non-hydrogen) atoms. The van der Waals surface area contributed by atoms with Crippen molar-refractivity contribution in [2.45, 2.75) is 20.3 Å². The average Bonchev–Trinajstić information content (AvgIpc) is 3.16. The minimum atomic E-state index is -2.80. The van der Waals surface area contributed by atoms with E-state index in [1.165, 1.54) is 6.08 Å². The summed E-state index contributed by atoms with van der Waals surface area (Å²) < 4.78 is 26.3. The molecule has 3 rings (SSSR count). The van der Waals surface area contributed by atoms with Crippen LogP contribution in [0.2, 0.25) is 0 Å². The Morgan fingerprint density at radius 1 is 1.26 bits per heavy atom. The van der Waals surface area contributed by atoms with Crippen LogP contribution < -0.4 is 5.32 Å². The lowest BCUT2D eigenvalue weighted by atomic mass is 10.0. The number of aryl methyl sites for hydroxylation is 1. The number of halogens is 2. The Kier molecular flexibility index (Phi) is 8.72. The Hall–Kier alpha value is -3.23. The van der Waals surface area contributed by atoms with Crippen LogP contribution in [0.1, 0.15) is 39.3 Å². The molecular weight excluding hydrogens is 420 g/mol.